The van der Waals surface area contributed by atoms with Crippen LogP contribution >= 0.6 is 0 Å². The minimum absolute atomic E-state index is 0.211. The second-order valence-corrected chi connectivity index (χ2v) is 6.03. The molecule has 1 unspecified atom stereocenters. The topological polar surface area (TPSA) is 70.8 Å². The second-order valence-electron chi connectivity index (χ2n) is 6.03. The molecule has 1 fully saturated rings. The van der Waals surface area contributed by atoms with Crippen LogP contribution in [0.3, 0.4) is 0 Å². The van der Waals surface area contributed by atoms with Gasteiger partial charge in [0.05, 0.1) is 6.61 Å². The van der Waals surface area contributed by atoms with Crippen LogP contribution in [0.4, 0.5) is 0 Å². The number of hydrogen-bond donors (Lipinski definition) is 1. The molecule has 0 spiro atoms. The summed E-state index contributed by atoms with van der Waals surface area (Å²) in [5, 5.41) is 0. The Hall–Kier alpha value is -1.43. The zero-order valence-electron chi connectivity index (χ0n) is 12.7. The van der Waals surface area contributed by atoms with Gasteiger partial charge in [-0.05, 0) is 5.56 Å². The van der Waals surface area contributed by atoms with Crippen LogP contribution in [0.15, 0.2) is 30.3 Å². The first-order valence-electron chi connectivity index (χ1n) is 7.09. The van der Waals surface area contributed by atoms with E-state index in [-0.39, 0.29) is 17.4 Å². The molecular weight excluding hydrogens is 270 g/mol. The van der Waals surface area contributed by atoms with E-state index in [4.69, 9.17) is 19.9 Å². The zero-order chi connectivity index (χ0) is 15.5. The van der Waals surface area contributed by atoms with Gasteiger partial charge in [-0.15, -0.1) is 0 Å². The van der Waals surface area contributed by atoms with Crippen LogP contribution in [0.2, 0.25) is 0 Å². The molecule has 2 N–H and O–H groups in total. The number of methoxy groups -OCH3 is 1. The number of nitrogens with two attached hydrogens (primary N) is 1. The molecule has 1 aliphatic heterocycles. The molecule has 0 radical (unpaired) electrons. The number of cyclic esters (lactones) is 1. The maximum absolute atomic E-state index is 11.8. The van der Waals surface area contributed by atoms with Crippen LogP contribution in [-0.4, -0.2) is 32.1 Å². The standard InChI is InChI=1S/C16H23NO4/c1-16(2)10-20-15(18)14(16)21-13(19-3)9-12(17)11-7-5-4-6-8-11/h4-8,12-14H,9-10,17H2,1-3H3/t12-,13?,14+/m1/s1. The maximum atomic E-state index is 11.8. The van der Waals surface area contributed by atoms with Gasteiger partial charge in [-0.2, -0.15) is 0 Å². The summed E-state index contributed by atoms with van der Waals surface area (Å²) in [6.45, 7) is 4.23. The van der Waals surface area contributed by atoms with Crippen molar-refractivity contribution < 1.29 is 19.0 Å². The van der Waals surface area contributed by atoms with Crippen molar-refractivity contribution in [2.45, 2.75) is 38.7 Å². The number of esters is 1. The average molecular weight is 293 g/mol. The van der Waals surface area contributed by atoms with Gasteiger partial charge in [-0.1, -0.05) is 44.2 Å². The summed E-state index contributed by atoms with van der Waals surface area (Å²) in [5.74, 6) is -0.338. The molecule has 1 aliphatic rings. The molecular formula is C16H23NO4. The third kappa shape index (κ3) is 3.81. The molecule has 1 aromatic rings. The Bertz CT molecular complexity index is 474. The smallest absolute Gasteiger partial charge is 0.336 e. The fraction of sp³-hybridized carbons (Fsp3) is 0.562. The first kappa shape index (κ1) is 15.9. The van der Waals surface area contributed by atoms with Crippen LogP contribution < -0.4 is 5.73 Å². The summed E-state index contributed by atoms with van der Waals surface area (Å²) in [6.07, 6.45) is -0.694. The van der Waals surface area contributed by atoms with E-state index in [1.165, 1.54) is 0 Å². The fourth-order valence-corrected chi connectivity index (χ4v) is 2.37. The van der Waals surface area contributed by atoms with E-state index in [9.17, 15) is 4.79 Å². The number of benzene rings is 1. The SMILES string of the molecule is COC(C[C@@H](N)c1ccccc1)O[C@H]1C(=O)OCC1(C)C. The van der Waals surface area contributed by atoms with Crippen molar-refractivity contribution in [3.05, 3.63) is 35.9 Å². The van der Waals surface area contributed by atoms with Crippen LogP contribution in [0.5, 0.6) is 0 Å². The van der Waals surface area contributed by atoms with E-state index in [0.717, 1.165) is 5.56 Å². The molecule has 5 nitrogen and oxygen atoms in total. The number of carbonyl (C=O) groups is 1. The highest BCUT2D eigenvalue weighted by Gasteiger charge is 2.46. The van der Waals surface area contributed by atoms with Gasteiger partial charge in [-0.3, -0.25) is 0 Å². The molecule has 0 bridgehead atoms. The van der Waals surface area contributed by atoms with Crippen molar-refractivity contribution in [2.24, 2.45) is 11.1 Å². The molecule has 0 aliphatic carbocycles. The van der Waals surface area contributed by atoms with Crippen molar-refractivity contribution in [3.63, 3.8) is 0 Å². The summed E-state index contributed by atoms with van der Waals surface area (Å²) >= 11 is 0. The number of hydrogen-bond acceptors (Lipinski definition) is 5. The minimum Gasteiger partial charge on any atom is -0.463 e. The molecule has 1 saturated heterocycles. The first-order valence-corrected chi connectivity index (χ1v) is 7.09. The Morgan fingerprint density at radius 2 is 2.05 bits per heavy atom. The van der Waals surface area contributed by atoms with E-state index >= 15 is 0 Å². The van der Waals surface area contributed by atoms with Crippen molar-refractivity contribution in [2.75, 3.05) is 13.7 Å². The predicted molar refractivity (Wildman–Crippen MR) is 78.4 cm³/mol. The molecule has 2 rings (SSSR count). The van der Waals surface area contributed by atoms with Gasteiger partial charge in [0.2, 0.25) is 0 Å². The molecule has 0 amide bonds. The lowest BCUT2D eigenvalue weighted by atomic mass is 9.89. The van der Waals surface area contributed by atoms with Gasteiger partial charge in [-0.25, -0.2) is 4.79 Å². The van der Waals surface area contributed by atoms with Crippen LogP contribution in [0.25, 0.3) is 0 Å². The molecule has 0 saturated carbocycles. The second kappa shape index (κ2) is 6.56. The van der Waals surface area contributed by atoms with Crippen molar-refractivity contribution in [3.8, 4) is 0 Å². The molecule has 5 heteroatoms. The normalized spacial score (nSPS) is 23.6. The molecule has 1 aromatic carbocycles. The largest absolute Gasteiger partial charge is 0.463 e. The quantitative estimate of drug-likeness (QED) is 0.642. The van der Waals surface area contributed by atoms with E-state index in [0.29, 0.717) is 13.0 Å². The minimum atomic E-state index is -0.620. The Kier molecular flexibility index (Phi) is 4.98. The molecule has 3 atom stereocenters. The predicted octanol–water partition coefficient (Wildman–Crippen LogP) is 2.02. The third-order valence-electron chi connectivity index (χ3n) is 3.74. The zero-order valence-corrected chi connectivity index (χ0v) is 12.7. The fourth-order valence-electron chi connectivity index (χ4n) is 2.37. The molecule has 21 heavy (non-hydrogen) atoms. The van der Waals surface area contributed by atoms with Crippen molar-refractivity contribution in [1.29, 1.82) is 0 Å². The highest BCUT2D eigenvalue weighted by molar-refractivity contribution is 5.77. The van der Waals surface area contributed by atoms with Crippen LogP contribution in [0.1, 0.15) is 31.9 Å². The summed E-state index contributed by atoms with van der Waals surface area (Å²) in [5.41, 5.74) is 6.83. The van der Waals surface area contributed by atoms with Gasteiger partial charge in [0, 0.05) is 25.0 Å². The van der Waals surface area contributed by atoms with Gasteiger partial charge < -0.3 is 19.9 Å². The highest BCUT2D eigenvalue weighted by atomic mass is 16.7. The summed E-state index contributed by atoms with van der Waals surface area (Å²) < 4.78 is 16.2. The number of carbonyl (C=O) groups excluding carboxylic acids is 1. The van der Waals surface area contributed by atoms with E-state index in [1.807, 2.05) is 44.2 Å². The lowest BCUT2D eigenvalue weighted by Crippen LogP contribution is -2.38. The van der Waals surface area contributed by atoms with E-state index in [2.05, 4.69) is 0 Å². The Morgan fingerprint density at radius 3 is 2.57 bits per heavy atom. The molecule has 116 valence electrons. The monoisotopic (exact) mass is 293 g/mol. The van der Waals surface area contributed by atoms with Crippen molar-refractivity contribution in [1.82, 2.24) is 0 Å². The maximum Gasteiger partial charge on any atom is 0.336 e. The number of ether oxygens (including phenoxy) is 3. The Labute approximate surface area is 125 Å². The summed E-state index contributed by atoms with van der Waals surface area (Å²) in [6, 6.07) is 9.54. The summed E-state index contributed by atoms with van der Waals surface area (Å²) in [4.78, 5) is 11.8. The third-order valence-corrected chi connectivity index (χ3v) is 3.74. The van der Waals surface area contributed by atoms with Crippen LogP contribution in [-0.2, 0) is 19.0 Å². The first-order chi connectivity index (χ1) is 9.94. The van der Waals surface area contributed by atoms with Crippen LogP contribution in [0, 0.1) is 5.41 Å². The van der Waals surface area contributed by atoms with Gasteiger partial charge in [0.25, 0.3) is 0 Å². The van der Waals surface area contributed by atoms with Gasteiger partial charge in [0.15, 0.2) is 12.4 Å². The Morgan fingerprint density at radius 1 is 1.38 bits per heavy atom. The molecule has 0 aromatic heterocycles. The summed E-state index contributed by atoms with van der Waals surface area (Å²) in [7, 11) is 1.55. The van der Waals surface area contributed by atoms with E-state index < -0.39 is 12.4 Å². The average Bonchev–Trinajstić information content (AvgIpc) is 2.73. The lowest BCUT2D eigenvalue weighted by molar-refractivity contribution is -0.187. The highest BCUT2D eigenvalue weighted by Crippen LogP contribution is 2.33. The van der Waals surface area contributed by atoms with Crippen molar-refractivity contribution >= 4 is 5.97 Å². The lowest BCUT2D eigenvalue weighted by Gasteiger charge is -2.27. The van der Waals surface area contributed by atoms with Gasteiger partial charge in [0.1, 0.15) is 0 Å². The number of rotatable bonds is 6. The van der Waals surface area contributed by atoms with Gasteiger partial charge >= 0.3 is 5.97 Å². The van der Waals surface area contributed by atoms with E-state index in [1.54, 1.807) is 7.11 Å². The molecule has 1 heterocycles. The Balaban J connectivity index is 1.99.